The molecule has 8 nitrogen and oxygen atoms in total. The van der Waals surface area contributed by atoms with Gasteiger partial charge in [-0.25, -0.2) is 4.79 Å². The molecule has 0 unspecified atom stereocenters. The summed E-state index contributed by atoms with van der Waals surface area (Å²) in [6.45, 7) is 0.158. The third kappa shape index (κ3) is 4.40. The number of nitrogens with one attached hydrogen (secondary N) is 1. The Morgan fingerprint density at radius 2 is 1.89 bits per heavy atom. The second kappa shape index (κ2) is 8.90. The molecule has 1 heterocycles. The van der Waals surface area contributed by atoms with E-state index in [0.717, 1.165) is 10.2 Å². The molecule has 0 spiro atoms. The van der Waals surface area contributed by atoms with Gasteiger partial charge in [-0.05, 0) is 30.2 Å². The first-order valence-electron chi connectivity index (χ1n) is 8.72. The molecule has 1 N–H and O–H groups in total. The van der Waals surface area contributed by atoms with Gasteiger partial charge in [0.05, 0.1) is 14.2 Å². The van der Waals surface area contributed by atoms with Crippen molar-refractivity contribution < 1.29 is 18.7 Å². The molecule has 3 aromatic rings. The van der Waals surface area contributed by atoms with E-state index in [9.17, 15) is 9.59 Å². The Kier molecular flexibility index (Phi) is 6.11. The highest BCUT2D eigenvalue weighted by Crippen LogP contribution is 2.30. The fourth-order valence-electron chi connectivity index (χ4n) is 2.78. The van der Waals surface area contributed by atoms with Gasteiger partial charge in [-0.1, -0.05) is 30.3 Å². The van der Waals surface area contributed by atoms with Gasteiger partial charge in [0.1, 0.15) is 6.54 Å². The highest BCUT2D eigenvalue weighted by atomic mass is 16.5. The van der Waals surface area contributed by atoms with Crippen LogP contribution in [0, 0.1) is 0 Å². The third-order valence-corrected chi connectivity index (χ3v) is 4.12. The average Bonchev–Trinajstić information content (AvgIpc) is 3.08. The maximum atomic E-state index is 12.2. The largest absolute Gasteiger partial charge is 0.493 e. The Morgan fingerprint density at radius 3 is 2.61 bits per heavy atom. The topological polar surface area (TPSA) is 95.6 Å². The van der Waals surface area contributed by atoms with Crippen LogP contribution in [-0.4, -0.2) is 36.5 Å². The molecule has 0 fully saturated rings. The number of nitrogens with zero attached hydrogens (tertiary/aromatic N) is 2. The summed E-state index contributed by atoms with van der Waals surface area (Å²) in [5, 5.41) is 6.84. The fourth-order valence-corrected chi connectivity index (χ4v) is 2.78. The highest BCUT2D eigenvalue weighted by Gasteiger charge is 2.14. The van der Waals surface area contributed by atoms with Gasteiger partial charge in [0.2, 0.25) is 11.8 Å². The monoisotopic (exact) mass is 383 g/mol. The van der Waals surface area contributed by atoms with Crippen LogP contribution in [-0.2, 0) is 17.8 Å². The van der Waals surface area contributed by atoms with Gasteiger partial charge in [0.25, 0.3) is 0 Å². The van der Waals surface area contributed by atoms with Crippen molar-refractivity contribution in [3.8, 4) is 23.0 Å². The minimum absolute atomic E-state index is 0.180. The lowest BCUT2D eigenvalue weighted by Crippen LogP contribution is -2.32. The molecule has 8 heteroatoms. The first kappa shape index (κ1) is 19.2. The SMILES string of the molecule is COc1cccc(CCNC(=O)Cn2nc(-c3ccccc3)oc2=O)c1OC. The number of carbonyl (C=O) groups is 1. The van der Waals surface area contributed by atoms with Crippen molar-refractivity contribution >= 4 is 5.91 Å². The maximum Gasteiger partial charge on any atom is 0.437 e. The molecule has 0 saturated heterocycles. The van der Waals surface area contributed by atoms with E-state index in [0.29, 0.717) is 30.0 Å². The van der Waals surface area contributed by atoms with Crippen molar-refractivity contribution in [3.05, 3.63) is 64.6 Å². The molecule has 0 aliphatic heterocycles. The number of carbonyl (C=O) groups excluding carboxylic acids is 1. The molecule has 2 aromatic carbocycles. The van der Waals surface area contributed by atoms with Gasteiger partial charge >= 0.3 is 5.76 Å². The van der Waals surface area contributed by atoms with Crippen molar-refractivity contribution in [1.82, 2.24) is 15.1 Å². The normalized spacial score (nSPS) is 10.5. The Bertz CT molecular complexity index is 995. The van der Waals surface area contributed by atoms with Crippen molar-refractivity contribution in [1.29, 1.82) is 0 Å². The van der Waals surface area contributed by atoms with Crippen molar-refractivity contribution in [2.45, 2.75) is 13.0 Å². The van der Waals surface area contributed by atoms with Gasteiger partial charge < -0.3 is 19.2 Å². The van der Waals surface area contributed by atoms with E-state index in [-0.39, 0.29) is 18.3 Å². The van der Waals surface area contributed by atoms with Crippen molar-refractivity contribution in [3.63, 3.8) is 0 Å². The van der Waals surface area contributed by atoms with Gasteiger partial charge in [0, 0.05) is 12.1 Å². The predicted molar refractivity (Wildman–Crippen MR) is 102 cm³/mol. The molecular formula is C20H21N3O5. The maximum absolute atomic E-state index is 12.2. The summed E-state index contributed by atoms with van der Waals surface area (Å²) < 4.78 is 16.8. The molecule has 0 aliphatic carbocycles. The zero-order valence-electron chi connectivity index (χ0n) is 15.7. The number of benzene rings is 2. The van der Waals surface area contributed by atoms with Gasteiger partial charge in [0.15, 0.2) is 11.5 Å². The lowest BCUT2D eigenvalue weighted by Gasteiger charge is -2.12. The van der Waals surface area contributed by atoms with Gasteiger partial charge in [-0.3, -0.25) is 4.79 Å². The zero-order chi connectivity index (χ0) is 19.9. The number of amides is 1. The van der Waals surface area contributed by atoms with Crippen LogP contribution in [0.25, 0.3) is 11.5 Å². The summed E-state index contributed by atoms with van der Waals surface area (Å²) in [6.07, 6.45) is 0.551. The third-order valence-electron chi connectivity index (χ3n) is 4.12. The fraction of sp³-hybridized carbons (Fsp3) is 0.250. The quantitative estimate of drug-likeness (QED) is 0.638. The smallest absolute Gasteiger partial charge is 0.437 e. The number of hydrogen-bond donors (Lipinski definition) is 1. The Morgan fingerprint density at radius 1 is 1.11 bits per heavy atom. The number of methoxy groups -OCH3 is 2. The minimum atomic E-state index is -0.677. The molecular weight excluding hydrogens is 362 g/mol. The standard InChI is InChI=1S/C20H21N3O5/c1-26-16-10-6-9-14(18(16)27-2)11-12-21-17(24)13-23-20(25)28-19(22-23)15-7-4-3-5-8-15/h3-10H,11-13H2,1-2H3,(H,21,24). The van der Waals surface area contributed by atoms with E-state index in [1.165, 1.54) is 0 Å². The lowest BCUT2D eigenvalue weighted by molar-refractivity contribution is -0.121. The van der Waals surface area contributed by atoms with Gasteiger partial charge in [-0.2, -0.15) is 4.68 Å². The number of aromatic nitrogens is 2. The lowest BCUT2D eigenvalue weighted by atomic mass is 10.1. The minimum Gasteiger partial charge on any atom is -0.493 e. The number of ether oxygens (including phenoxy) is 2. The van der Waals surface area contributed by atoms with Gasteiger partial charge in [-0.15, -0.1) is 5.10 Å². The van der Waals surface area contributed by atoms with Crippen LogP contribution in [0.4, 0.5) is 0 Å². The van der Waals surface area contributed by atoms with Crippen LogP contribution < -0.4 is 20.5 Å². The molecule has 28 heavy (non-hydrogen) atoms. The molecule has 146 valence electrons. The summed E-state index contributed by atoms with van der Waals surface area (Å²) >= 11 is 0. The van der Waals surface area contributed by atoms with Crippen LogP contribution >= 0.6 is 0 Å². The van der Waals surface area contributed by atoms with E-state index in [4.69, 9.17) is 13.9 Å². The molecule has 1 aromatic heterocycles. The van der Waals surface area contributed by atoms with Crippen LogP contribution in [0.3, 0.4) is 0 Å². The molecule has 3 rings (SSSR count). The van der Waals surface area contributed by atoms with Crippen LogP contribution in [0.2, 0.25) is 0 Å². The van der Waals surface area contributed by atoms with Crippen molar-refractivity contribution in [2.24, 2.45) is 0 Å². The van der Waals surface area contributed by atoms with Crippen LogP contribution in [0.1, 0.15) is 5.56 Å². The molecule has 0 bridgehead atoms. The summed E-state index contributed by atoms with van der Waals surface area (Å²) in [5.74, 6) is 0.438. The number of rotatable bonds is 8. The van der Waals surface area contributed by atoms with E-state index in [1.807, 2.05) is 36.4 Å². The van der Waals surface area contributed by atoms with Crippen LogP contribution in [0.5, 0.6) is 11.5 Å². The summed E-state index contributed by atoms with van der Waals surface area (Å²) in [7, 11) is 3.14. The van der Waals surface area contributed by atoms with Crippen LogP contribution in [0.15, 0.2) is 57.7 Å². The Hall–Kier alpha value is -3.55. The zero-order valence-corrected chi connectivity index (χ0v) is 15.7. The Balaban J connectivity index is 1.59. The summed E-state index contributed by atoms with van der Waals surface area (Å²) in [5.41, 5.74) is 1.58. The second-order valence-corrected chi connectivity index (χ2v) is 5.95. The average molecular weight is 383 g/mol. The highest BCUT2D eigenvalue weighted by molar-refractivity contribution is 5.75. The van der Waals surface area contributed by atoms with E-state index >= 15 is 0 Å². The molecule has 1 amide bonds. The van der Waals surface area contributed by atoms with E-state index in [2.05, 4.69) is 10.4 Å². The number of hydrogen-bond acceptors (Lipinski definition) is 6. The van der Waals surface area contributed by atoms with E-state index in [1.54, 1.807) is 26.4 Å². The molecule has 0 atom stereocenters. The number of para-hydroxylation sites is 1. The summed E-state index contributed by atoms with van der Waals surface area (Å²) in [4.78, 5) is 24.1. The first-order valence-corrected chi connectivity index (χ1v) is 8.72. The second-order valence-electron chi connectivity index (χ2n) is 5.95. The molecule has 0 aliphatic rings. The predicted octanol–water partition coefficient (Wildman–Crippen LogP) is 1.88. The molecule has 0 radical (unpaired) electrons. The Labute approximate surface area is 161 Å². The van der Waals surface area contributed by atoms with Crippen molar-refractivity contribution in [2.75, 3.05) is 20.8 Å². The van der Waals surface area contributed by atoms with E-state index < -0.39 is 5.76 Å². The molecule has 0 saturated carbocycles. The summed E-state index contributed by atoms with van der Waals surface area (Å²) in [6, 6.07) is 14.6. The first-order chi connectivity index (χ1) is 13.6.